The molecule has 6 heteroatoms. The van der Waals surface area contributed by atoms with Gasteiger partial charge in [0.25, 0.3) is 0 Å². The molecule has 142 valence electrons. The van der Waals surface area contributed by atoms with E-state index in [1.807, 2.05) is 51.1 Å². The number of hydrogen-bond donors (Lipinski definition) is 1. The number of rotatable bonds is 5. The van der Waals surface area contributed by atoms with Crippen LogP contribution in [0.5, 0.6) is 0 Å². The van der Waals surface area contributed by atoms with Crippen LogP contribution in [0.25, 0.3) is 0 Å². The predicted octanol–water partition coefficient (Wildman–Crippen LogP) is 3.26. The summed E-state index contributed by atoms with van der Waals surface area (Å²) in [6.45, 7) is 2.17. The maximum Gasteiger partial charge on any atom is 0.133 e. The second-order valence-corrected chi connectivity index (χ2v) is 7.66. The fraction of sp³-hybridized carbons (Fsp3) is 0.476. The molecule has 1 aliphatic carbocycles. The standard InChI is InChI=1S/C21H28N6/c1-15-6-5-9-22-18(15)16-7-4-8-17(14-16)25-19(20-23-10-12-26(20)2)21-24-11-13-27(21)3/h5-6,9-13,16-17,19,25H,4,7-8,14H2,1-3H3. The highest BCUT2D eigenvalue weighted by atomic mass is 15.2. The molecule has 0 saturated heterocycles. The van der Waals surface area contributed by atoms with Crippen LogP contribution in [-0.2, 0) is 14.1 Å². The van der Waals surface area contributed by atoms with Gasteiger partial charge in [0, 0.05) is 62.7 Å². The Balaban J connectivity index is 1.57. The topological polar surface area (TPSA) is 60.6 Å². The van der Waals surface area contributed by atoms with Crippen molar-refractivity contribution in [3.8, 4) is 0 Å². The first-order valence-corrected chi connectivity index (χ1v) is 9.75. The van der Waals surface area contributed by atoms with Crippen LogP contribution in [0.4, 0.5) is 0 Å². The minimum absolute atomic E-state index is 0.0152. The van der Waals surface area contributed by atoms with E-state index < -0.39 is 0 Å². The second-order valence-electron chi connectivity index (χ2n) is 7.66. The van der Waals surface area contributed by atoms with Crippen molar-refractivity contribution in [1.82, 2.24) is 29.4 Å². The fourth-order valence-corrected chi connectivity index (χ4v) is 4.33. The molecule has 0 radical (unpaired) electrons. The summed E-state index contributed by atoms with van der Waals surface area (Å²) in [6.07, 6.45) is 14.3. The highest BCUT2D eigenvalue weighted by molar-refractivity contribution is 5.22. The molecule has 0 aliphatic heterocycles. The first-order chi connectivity index (χ1) is 13.1. The van der Waals surface area contributed by atoms with Gasteiger partial charge in [-0.3, -0.25) is 10.3 Å². The maximum absolute atomic E-state index is 4.68. The van der Waals surface area contributed by atoms with Crippen LogP contribution in [0.1, 0.15) is 60.5 Å². The van der Waals surface area contributed by atoms with E-state index in [-0.39, 0.29) is 6.04 Å². The molecule has 2 unspecified atom stereocenters. The van der Waals surface area contributed by atoms with Gasteiger partial charge in [0.15, 0.2) is 0 Å². The third-order valence-electron chi connectivity index (χ3n) is 5.75. The SMILES string of the molecule is Cc1cccnc1C1CCCC(NC(c2nccn2C)c2nccn2C)C1. The molecule has 3 heterocycles. The first kappa shape index (κ1) is 17.9. The molecule has 1 fully saturated rings. The highest BCUT2D eigenvalue weighted by Crippen LogP contribution is 2.34. The summed E-state index contributed by atoms with van der Waals surface area (Å²) in [5, 5.41) is 3.87. The largest absolute Gasteiger partial charge is 0.336 e. The van der Waals surface area contributed by atoms with Gasteiger partial charge in [0.2, 0.25) is 0 Å². The van der Waals surface area contributed by atoms with Crippen molar-refractivity contribution in [2.75, 3.05) is 0 Å². The van der Waals surface area contributed by atoms with Crippen LogP contribution in [0.15, 0.2) is 43.1 Å². The molecular formula is C21H28N6. The van der Waals surface area contributed by atoms with Gasteiger partial charge in [-0.25, -0.2) is 9.97 Å². The van der Waals surface area contributed by atoms with Crippen LogP contribution < -0.4 is 5.32 Å². The van der Waals surface area contributed by atoms with Crippen LogP contribution in [0, 0.1) is 6.92 Å². The number of nitrogens with zero attached hydrogens (tertiary/aromatic N) is 5. The Morgan fingerprint density at radius 1 is 1.00 bits per heavy atom. The number of imidazole rings is 2. The zero-order valence-corrected chi connectivity index (χ0v) is 16.3. The normalized spacial score (nSPS) is 20.3. The molecule has 3 aromatic rings. The van der Waals surface area contributed by atoms with Crippen molar-refractivity contribution >= 4 is 0 Å². The van der Waals surface area contributed by atoms with E-state index in [4.69, 9.17) is 0 Å². The molecule has 6 nitrogen and oxygen atoms in total. The lowest BCUT2D eigenvalue weighted by molar-refractivity contribution is 0.311. The number of aryl methyl sites for hydroxylation is 3. The summed E-state index contributed by atoms with van der Waals surface area (Å²) in [5.74, 6) is 2.52. The van der Waals surface area contributed by atoms with Gasteiger partial charge < -0.3 is 9.13 Å². The van der Waals surface area contributed by atoms with Crippen molar-refractivity contribution in [3.63, 3.8) is 0 Å². The predicted molar refractivity (Wildman–Crippen MR) is 105 cm³/mol. The lowest BCUT2D eigenvalue weighted by Gasteiger charge is -2.33. The van der Waals surface area contributed by atoms with Crippen LogP contribution in [0.2, 0.25) is 0 Å². The van der Waals surface area contributed by atoms with E-state index in [0.29, 0.717) is 12.0 Å². The minimum atomic E-state index is -0.0152. The molecular weight excluding hydrogens is 336 g/mol. The molecule has 0 bridgehead atoms. The molecule has 1 aliphatic rings. The van der Waals surface area contributed by atoms with E-state index in [1.54, 1.807) is 0 Å². The third-order valence-corrected chi connectivity index (χ3v) is 5.75. The number of pyridine rings is 1. The van der Waals surface area contributed by atoms with Gasteiger partial charge in [-0.1, -0.05) is 12.5 Å². The summed E-state index contributed by atoms with van der Waals surface area (Å²) >= 11 is 0. The summed E-state index contributed by atoms with van der Waals surface area (Å²) in [5.41, 5.74) is 2.56. The van der Waals surface area contributed by atoms with Gasteiger partial charge in [-0.2, -0.15) is 0 Å². The quantitative estimate of drug-likeness (QED) is 0.755. The molecule has 4 rings (SSSR count). The smallest absolute Gasteiger partial charge is 0.133 e. The average molecular weight is 364 g/mol. The summed E-state index contributed by atoms with van der Waals surface area (Å²) in [4.78, 5) is 13.9. The Morgan fingerprint density at radius 2 is 1.70 bits per heavy atom. The van der Waals surface area contributed by atoms with Crippen molar-refractivity contribution in [2.45, 2.75) is 50.6 Å². The zero-order valence-electron chi connectivity index (χ0n) is 16.3. The van der Waals surface area contributed by atoms with E-state index >= 15 is 0 Å². The number of nitrogens with one attached hydrogen (secondary N) is 1. The molecule has 2 atom stereocenters. The van der Waals surface area contributed by atoms with E-state index in [0.717, 1.165) is 18.1 Å². The van der Waals surface area contributed by atoms with Crippen molar-refractivity contribution in [1.29, 1.82) is 0 Å². The lowest BCUT2D eigenvalue weighted by Crippen LogP contribution is -2.39. The Bertz CT molecular complexity index is 855. The lowest BCUT2D eigenvalue weighted by atomic mass is 9.82. The summed E-state index contributed by atoms with van der Waals surface area (Å²) in [7, 11) is 4.09. The fourth-order valence-electron chi connectivity index (χ4n) is 4.33. The Hall–Kier alpha value is -2.47. The average Bonchev–Trinajstić information content (AvgIpc) is 3.29. The summed E-state index contributed by atoms with van der Waals surface area (Å²) in [6, 6.07) is 4.60. The molecule has 3 aromatic heterocycles. The van der Waals surface area contributed by atoms with Crippen LogP contribution in [-0.4, -0.2) is 30.1 Å². The molecule has 0 spiro atoms. The van der Waals surface area contributed by atoms with E-state index in [1.165, 1.54) is 30.5 Å². The molecule has 1 saturated carbocycles. The summed E-state index contributed by atoms with van der Waals surface area (Å²) < 4.78 is 4.16. The van der Waals surface area contributed by atoms with Crippen LogP contribution in [0.3, 0.4) is 0 Å². The highest BCUT2D eigenvalue weighted by Gasteiger charge is 2.30. The molecule has 1 N–H and O–H groups in total. The number of aromatic nitrogens is 5. The van der Waals surface area contributed by atoms with Gasteiger partial charge in [0.05, 0.1) is 0 Å². The van der Waals surface area contributed by atoms with E-state index in [9.17, 15) is 0 Å². The number of hydrogen-bond acceptors (Lipinski definition) is 4. The molecule has 0 amide bonds. The zero-order chi connectivity index (χ0) is 18.8. The first-order valence-electron chi connectivity index (χ1n) is 9.75. The minimum Gasteiger partial charge on any atom is -0.336 e. The molecule has 27 heavy (non-hydrogen) atoms. The monoisotopic (exact) mass is 364 g/mol. The Kier molecular flexibility index (Phi) is 5.07. The third kappa shape index (κ3) is 3.67. The van der Waals surface area contributed by atoms with Gasteiger partial charge in [0.1, 0.15) is 17.7 Å². The Morgan fingerprint density at radius 3 is 2.30 bits per heavy atom. The van der Waals surface area contributed by atoms with Gasteiger partial charge in [-0.05, 0) is 37.8 Å². The van der Waals surface area contributed by atoms with E-state index in [2.05, 4.69) is 42.4 Å². The second kappa shape index (κ2) is 7.64. The van der Waals surface area contributed by atoms with Crippen LogP contribution >= 0.6 is 0 Å². The van der Waals surface area contributed by atoms with Crippen molar-refractivity contribution < 1.29 is 0 Å². The van der Waals surface area contributed by atoms with Crippen molar-refractivity contribution in [2.24, 2.45) is 14.1 Å². The van der Waals surface area contributed by atoms with Gasteiger partial charge >= 0.3 is 0 Å². The molecule has 0 aromatic carbocycles. The van der Waals surface area contributed by atoms with Crippen molar-refractivity contribution in [3.05, 3.63) is 66.0 Å². The maximum atomic E-state index is 4.68. The Labute approximate surface area is 160 Å². The van der Waals surface area contributed by atoms with Gasteiger partial charge in [-0.15, -0.1) is 0 Å².